The van der Waals surface area contributed by atoms with Crippen LogP contribution in [0.3, 0.4) is 0 Å². The molecule has 3 aliphatic carbocycles. The van der Waals surface area contributed by atoms with Crippen molar-refractivity contribution in [2.45, 2.75) is 64.7 Å². The molecule has 0 aromatic heterocycles. The van der Waals surface area contributed by atoms with Crippen LogP contribution in [0.5, 0.6) is 11.5 Å². The van der Waals surface area contributed by atoms with Gasteiger partial charge in [0.15, 0.2) is 11.5 Å². The monoisotopic (exact) mass is 356 g/mol. The van der Waals surface area contributed by atoms with Gasteiger partial charge in [-0.05, 0) is 96.8 Å². The Morgan fingerprint density at radius 2 is 2.12 bits per heavy atom. The van der Waals surface area contributed by atoms with Crippen molar-refractivity contribution < 1.29 is 14.6 Å². The molecule has 26 heavy (non-hydrogen) atoms. The molecular weight excluding hydrogens is 324 g/mol. The van der Waals surface area contributed by atoms with Crippen molar-refractivity contribution in [3.63, 3.8) is 0 Å². The summed E-state index contributed by atoms with van der Waals surface area (Å²) < 4.78 is 5.39. The average Bonchev–Trinajstić information content (AvgIpc) is 2.98. The summed E-state index contributed by atoms with van der Waals surface area (Å²) in [6, 6.07) is 4.04. The number of aryl methyl sites for hydroxylation is 1. The molecule has 0 spiro atoms. The maximum Gasteiger partial charge on any atom is 0.160 e. The van der Waals surface area contributed by atoms with E-state index in [0.29, 0.717) is 35.3 Å². The summed E-state index contributed by atoms with van der Waals surface area (Å²) in [6.07, 6.45) is 9.20. The number of aromatic hydroxyl groups is 1. The number of phenolic OH excluding ortho intramolecular Hbond substituents is 1. The van der Waals surface area contributed by atoms with Gasteiger partial charge in [0.1, 0.15) is 6.29 Å². The highest BCUT2D eigenvalue weighted by Gasteiger charge is 2.55. The number of carbonyl (C=O) groups is 1. The molecule has 1 aromatic rings. The smallest absolute Gasteiger partial charge is 0.160 e. The zero-order chi connectivity index (χ0) is 18.5. The summed E-state index contributed by atoms with van der Waals surface area (Å²) in [5, 5.41) is 10.1. The molecule has 0 saturated heterocycles. The predicted molar refractivity (Wildman–Crippen MR) is 103 cm³/mol. The van der Waals surface area contributed by atoms with E-state index in [9.17, 15) is 9.90 Å². The van der Waals surface area contributed by atoms with Gasteiger partial charge in [-0.2, -0.15) is 0 Å². The van der Waals surface area contributed by atoms with Crippen molar-refractivity contribution in [1.29, 1.82) is 0 Å². The second-order valence-electron chi connectivity index (χ2n) is 9.25. The lowest BCUT2D eigenvalue weighted by Gasteiger charge is -2.52. The van der Waals surface area contributed by atoms with E-state index in [4.69, 9.17) is 4.74 Å². The maximum absolute atomic E-state index is 11.1. The molecule has 3 nitrogen and oxygen atoms in total. The van der Waals surface area contributed by atoms with Crippen LogP contribution >= 0.6 is 0 Å². The standard InChI is InChI=1S/C23H32O3/c1-14(9-11-24)19-6-7-20-17-5-4-15-12-21(25)22(26-3)13-18(15)16(17)8-10-23(19,20)2/h11-14,16-17,19-20,25H,4-10H2,1-3H3/t14-,16?,17?,19?,20?,23-/m1/s1. The molecule has 1 N–H and O–H groups in total. The van der Waals surface area contributed by atoms with Crippen LogP contribution in [0.2, 0.25) is 0 Å². The van der Waals surface area contributed by atoms with Gasteiger partial charge in [0.25, 0.3) is 0 Å². The Balaban J connectivity index is 1.64. The van der Waals surface area contributed by atoms with Crippen LogP contribution in [0.15, 0.2) is 12.1 Å². The molecule has 3 aliphatic rings. The summed E-state index contributed by atoms with van der Waals surface area (Å²) in [5.41, 5.74) is 3.13. The lowest BCUT2D eigenvalue weighted by Crippen LogP contribution is -2.43. The Kier molecular flexibility index (Phi) is 4.53. The van der Waals surface area contributed by atoms with Crippen molar-refractivity contribution in [3.05, 3.63) is 23.3 Å². The zero-order valence-corrected chi connectivity index (χ0v) is 16.3. The fraction of sp³-hybridized carbons (Fsp3) is 0.696. The van der Waals surface area contributed by atoms with Gasteiger partial charge in [0.2, 0.25) is 0 Å². The second kappa shape index (κ2) is 6.58. The molecule has 0 bridgehead atoms. The molecule has 0 heterocycles. The zero-order valence-electron chi connectivity index (χ0n) is 16.3. The van der Waals surface area contributed by atoms with Crippen molar-refractivity contribution in [2.24, 2.45) is 29.1 Å². The van der Waals surface area contributed by atoms with E-state index in [0.717, 1.165) is 24.5 Å². The summed E-state index contributed by atoms with van der Waals surface area (Å²) in [5.74, 6) is 4.20. The van der Waals surface area contributed by atoms with Gasteiger partial charge in [0, 0.05) is 6.42 Å². The number of ether oxygens (including phenoxy) is 1. The van der Waals surface area contributed by atoms with E-state index < -0.39 is 0 Å². The van der Waals surface area contributed by atoms with Gasteiger partial charge in [-0.15, -0.1) is 0 Å². The van der Waals surface area contributed by atoms with Crippen molar-refractivity contribution in [3.8, 4) is 11.5 Å². The first kappa shape index (κ1) is 17.9. The van der Waals surface area contributed by atoms with Gasteiger partial charge in [-0.25, -0.2) is 0 Å². The average molecular weight is 357 g/mol. The predicted octanol–water partition coefficient (Wildman–Crippen LogP) is 5.10. The quantitative estimate of drug-likeness (QED) is 0.764. The number of aldehydes is 1. The van der Waals surface area contributed by atoms with E-state index in [2.05, 4.69) is 19.9 Å². The molecule has 0 amide bonds. The molecule has 2 saturated carbocycles. The first-order chi connectivity index (χ1) is 12.5. The van der Waals surface area contributed by atoms with Crippen molar-refractivity contribution in [1.82, 2.24) is 0 Å². The SMILES string of the molecule is COc1cc2c(cc1O)CCC1C2CC[C@@]2(C)C1CCC2[C@H](C)CC=O. The third kappa shape index (κ3) is 2.58. The normalized spacial score (nSPS) is 36.6. The number of fused-ring (bicyclic) bond motifs is 5. The fourth-order valence-corrected chi connectivity index (χ4v) is 7.04. The van der Waals surface area contributed by atoms with Crippen LogP contribution in [-0.2, 0) is 11.2 Å². The minimum absolute atomic E-state index is 0.272. The minimum Gasteiger partial charge on any atom is -0.504 e. The second-order valence-corrected chi connectivity index (χ2v) is 9.25. The first-order valence-electron chi connectivity index (χ1n) is 10.3. The van der Waals surface area contributed by atoms with E-state index in [1.54, 1.807) is 7.11 Å². The number of carbonyl (C=O) groups excluding carboxylic acids is 1. The Morgan fingerprint density at radius 3 is 2.85 bits per heavy atom. The number of rotatable bonds is 4. The number of methoxy groups -OCH3 is 1. The topological polar surface area (TPSA) is 46.5 Å². The Hall–Kier alpha value is -1.51. The molecule has 0 radical (unpaired) electrons. The largest absolute Gasteiger partial charge is 0.504 e. The summed E-state index contributed by atoms with van der Waals surface area (Å²) >= 11 is 0. The third-order valence-electron chi connectivity index (χ3n) is 8.25. The van der Waals surface area contributed by atoms with Crippen LogP contribution in [0.4, 0.5) is 0 Å². The number of phenols is 1. The molecule has 1 aromatic carbocycles. The molecule has 142 valence electrons. The van der Waals surface area contributed by atoms with Crippen molar-refractivity contribution in [2.75, 3.05) is 7.11 Å². The Labute approximate surface area is 157 Å². The minimum atomic E-state index is 0.272. The molecule has 6 atom stereocenters. The Bertz CT molecular complexity index is 697. The highest BCUT2D eigenvalue weighted by atomic mass is 16.5. The number of hydrogen-bond acceptors (Lipinski definition) is 3. The van der Waals surface area contributed by atoms with Crippen LogP contribution in [0.1, 0.15) is 69.4 Å². The van der Waals surface area contributed by atoms with Crippen LogP contribution in [0.25, 0.3) is 0 Å². The van der Waals surface area contributed by atoms with Crippen molar-refractivity contribution >= 4 is 6.29 Å². The van der Waals surface area contributed by atoms with Gasteiger partial charge < -0.3 is 14.6 Å². The molecule has 0 aliphatic heterocycles. The van der Waals surface area contributed by atoms with Crippen LogP contribution in [-0.4, -0.2) is 18.5 Å². The highest BCUT2D eigenvalue weighted by molar-refractivity contribution is 5.50. The summed E-state index contributed by atoms with van der Waals surface area (Å²) in [6.45, 7) is 4.79. The Morgan fingerprint density at radius 1 is 1.31 bits per heavy atom. The van der Waals surface area contributed by atoms with Gasteiger partial charge in [-0.1, -0.05) is 13.8 Å². The van der Waals surface area contributed by atoms with Gasteiger partial charge in [-0.3, -0.25) is 0 Å². The van der Waals surface area contributed by atoms with E-state index in [1.165, 1.54) is 43.2 Å². The molecule has 4 rings (SSSR count). The lowest BCUT2D eigenvalue weighted by atomic mass is 9.53. The van der Waals surface area contributed by atoms with E-state index >= 15 is 0 Å². The molecule has 4 unspecified atom stereocenters. The molecule has 3 heteroatoms. The summed E-state index contributed by atoms with van der Waals surface area (Å²) in [4.78, 5) is 11.1. The number of hydrogen-bond donors (Lipinski definition) is 1. The molecule has 2 fully saturated rings. The summed E-state index contributed by atoms with van der Waals surface area (Å²) in [7, 11) is 1.63. The van der Waals surface area contributed by atoms with E-state index in [-0.39, 0.29) is 5.75 Å². The third-order valence-corrected chi connectivity index (χ3v) is 8.25. The van der Waals surface area contributed by atoms with Crippen LogP contribution in [0, 0.1) is 29.1 Å². The van der Waals surface area contributed by atoms with Gasteiger partial charge >= 0.3 is 0 Å². The molecular formula is C23H32O3. The maximum atomic E-state index is 11.1. The number of benzene rings is 1. The highest BCUT2D eigenvalue weighted by Crippen LogP contribution is 2.64. The first-order valence-corrected chi connectivity index (χ1v) is 10.3. The van der Waals surface area contributed by atoms with Gasteiger partial charge in [0.05, 0.1) is 7.11 Å². The van der Waals surface area contributed by atoms with E-state index in [1.807, 2.05) is 6.07 Å². The van der Waals surface area contributed by atoms with Crippen LogP contribution < -0.4 is 4.74 Å². The fourth-order valence-electron chi connectivity index (χ4n) is 7.04. The lowest BCUT2D eigenvalue weighted by molar-refractivity contribution is -0.109.